The van der Waals surface area contributed by atoms with Crippen molar-refractivity contribution >= 4 is 22.4 Å². The van der Waals surface area contributed by atoms with Crippen LogP contribution in [0.5, 0.6) is 0 Å². The lowest BCUT2D eigenvalue weighted by Gasteiger charge is -2.13. The van der Waals surface area contributed by atoms with Crippen LogP contribution < -0.4 is 4.90 Å². The van der Waals surface area contributed by atoms with Crippen molar-refractivity contribution in [2.75, 3.05) is 11.9 Å². The lowest BCUT2D eigenvalue weighted by Crippen LogP contribution is -2.26. The molecule has 0 unspecified atom stereocenters. The van der Waals surface area contributed by atoms with Gasteiger partial charge in [0.25, 0.3) is 5.91 Å². The van der Waals surface area contributed by atoms with Crippen LogP contribution in [0.25, 0.3) is 11.3 Å². The zero-order valence-corrected chi connectivity index (χ0v) is 12.8. The third-order valence-electron chi connectivity index (χ3n) is 3.18. The molecule has 0 aliphatic carbocycles. The van der Waals surface area contributed by atoms with E-state index in [4.69, 9.17) is 0 Å². The molecule has 22 heavy (non-hydrogen) atoms. The second-order valence-corrected chi connectivity index (χ2v) is 5.63. The quantitative estimate of drug-likeness (QED) is 0.746. The molecule has 0 saturated heterocycles. The maximum absolute atomic E-state index is 12.9. The number of anilines is 1. The smallest absolute Gasteiger partial charge is 0.259 e. The standard InChI is InChI=1S/C15H13FN4OS/c1-19-8-11(7-17-19)13-9-22-15(18-13)20(2)14(21)10-3-5-12(16)6-4-10/h3-9H,1-2H3. The molecule has 0 saturated carbocycles. The number of halogens is 1. The summed E-state index contributed by atoms with van der Waals surface area (Å²) in [5.41, 5.74) is 2.08. The molecule has 0 N–H and O–H groups in total. The summed E-state index contributed by atoms with van der Waals surface area (Å²) < 4.78 is 14.6. The monoisotopic (exact) mass is 316 g/mol. The minimum absolute atomic E-state index is 0.230. The Labute approximate surface area is 130 Å². The number of amides is 1. The van der Waals surface area contributed by atoms with Gasteiger partial charge in [-0.2, -0.15) is 5.10 Å². The van der Waals surface area contributed by atoms with Crippen molar-refractivity contribution in [1.29, 1.82) is 0 Å². The highest BCUT2D eigenvalue weighted by Crippen LogP contribution is 2.27. The van der Waals surface area contributed by atoms with Crippen molar-refractivity contribution in [2.45, 2.75) is 0 Å². The van der Waals surface area contributed by atoms with E-state index in [9.17, 15) is 9.18 Å². The minimum Gasteiger partial charge on any atom is -0.287 e. The van der Waals surface area contributed by atoms with E-state index >= 15 is 0 Å². The second-order valence-electron chi connectivity index (χ2n) is 4.79. The van der Waals surface area contributed by atoms with E-state index in [1.165, 1.54) is 40.5 Å². The average Bonchev–Trinajstić information content (AvgIpc) is 3.15. The first-order chi connectivity index (χ1) is 10.5. The third-order valence-corrected chi connectivity index (χ3v) is 4.09. The van der Waals surface area contributed by atoms with Gasteiger partial charge in [-0.25, -0.2) is 9.37 Å². The molecule has 5 nitrogen and oxygen atoms in total. The van der Waals surface area contributed by atoms with Gasteiger partial charge in [0.05, 0.1) is 11.9 Å². The molecular weight excluding hydrogens is 303 g/mol. The fourth-order valence-corrected chi connectivity index (χ4v) is 2.78. The summed E-state index contributed by atoms with van der Waals surface area (Å²) in [6, 6.07) is 5.46. The van der Waals surface area contributed by atoms with Crippen LogP contribution in [-0.2, 0) is 7.05 Å². The van der Waals surface area contributed by atoms with E-state index in [1.54, 1.807) is 17.9 Å². The number of hydrogen-bond donors (Lipinski definition) is 0. The molecular formula is C15H13FN4OS. The van der Waals surface area contributed by atoms with Crippen LogP contribution in [0.4, 0.5) is 9.52 Å². The summed E-state index contributed by atoms with van der Waals surface area (Å²) in [4.78, 5) is 18.3. The van der Waals surface area contributed by atoms with Crippen molar-refractivity contribution in [1.82, 2.24) is 14.8 Å². The average molecular weight is 316 g/mol. The summed E-state index contributed by atoms with van der Waals surface area (Å²) in [7, 11) is 3.48. The fourth-order valence-electron chi connectivity index (χ4n) is 1.98. The number of thiazole rings is 1. The maximum Gasteiger partial charge on any atom is 0.259 e. The molecule has 0 spiro atoms. The van der Waals surface area contributed by atoms with Crippen LogP contribution in [0.1, 0.15) is 10.4 Å². The number of carbonyl (C=O) groups excluding carboxylic acids is 1. The first-order valence-electron chi connectivity index (χ1n) is 6.53. The number of rotatable bonds is 3. The molecule has 0 aliphatic rings. The Bertz CT molecular complexity index is 809. The summed E-state index contributed by atoms with van der Waals surface area (Å²) >= 11 is 1.37. The Morgan fingerprint density at radius 1 is 1.32 bits per heavy atom. The van der Waals surface area contributed by atoms with Crippen molar-refractivity contribution in [3.05, 3.63) is 53.4 Å². The number of aromatic nitrogens is 3. The SMILES string of the molecule is CN(C(=O)c1ccc(F)cc1)c1nc(-c2cnn(C)c2)cs1. The molecule has 2 aromatic heterocycles. The molecule has 3 aromatic rings. The molecule has 0 atom stereocenters. The van der Waals surface area contributed by atoms with Crippen LogP contribution >= 0.6 is 11.3 Å². The highest BCUT2D eigenvalue weighted by molar-refractivity contribution is 7.14. The topological polar surface area (TPSA) is 51.0 Å². The predicted molar refractivity (Wildman–Crippen MR) is 83.4 cm³/mol. The van der Waals surface area contributed by atoms with Gasteiger partial charge >= 0.3 is 0 Å². The Hall–Kier alpha value is -2.54. The molecule has 0 radical (unpaired) electrons. The van der Waals surface area contributed by atoms with Crippen LogP contribution in [0.2, 0.25) is 0 Å². The van der Waals surface area contributed by atoms with Gasteiger partial charge in [0.15, 0.2) is 5.13 Å². The van der Waals surface area contributed by atoms with Gasteiger partial charge in [-0.15, -0.1) is 11.3 Å². The van der Waals surface area contributed by atoms with Gasteiger partial charge in [-0.05, 0) is 24.3 Å². The van der Waals surface area contributed by atoms with Crippen molar-refractivity contribution in [2.24, 2.45) is 7.05 Å². The van der Waals surface area contributed by atoms with E-state index in [-0.39, 0.29) is 11.7 Å². The first kappa shape index (κ1) is 14.4. The summed E-state index contributed by atoms with van der Waals surface area (Å²) in [5.74, 6) is -0.598. The molecule has 7 heteroatoms. The van der Waals surface area contributed by atoms with Crippen LogP contribution in [-0.4, -0.2) is 27.7 Å². The molecule has 0 fully saturated rings. The van der Waals surface area contributed by atoms with Gasteiger partial charge in [0.1, 0.15) is 5.82 Å². The minimum atomic E-state index is -0.368. The van der Waals surface area contributed by atoms with E-state index in [2.05, 4.69) is 10.1 Å². The van der Waals surface area contributed by atoms with E-state index in [1.807, 2.05) is 18.6 Å². The van der Waals surface area contributed by atoms with Gasteiger partial charge in [0, 0.05) is 36.8 Å². The van der Waals surface area contributed by atoms with E-state index < -0.39 is 0 Å². The van der Waals surface area contributed by atoms with Crippen LogP contribution in [0, 0.1) is 5.82 Å². The first-order valence-corrected chi connectivity index (χ1v) is 7.41. The third kappa shape index (κ3) is 2.75. The lowest BCUT2D eigenvalue weighted by atomic mass is 10.2. The molecule has 2 heterocycles. The number of benzene rings is 1. The number of nitrogens with zero attached hydrogens (tertiary/aromatic N) is 4. The molecule has 112 valence electrons. The maximum atomic E-state index is 12.9. The Morgan fingerprint density at radius 3 is 2.68 bits per heavy atom. The van der Waals surface area contributed by atoms with Crippen LogP contribution in [0.15, 0.2) is 42.0 Å². The van der Waals surface area contributed by atoms with Gasteiger partial charge in [0.2, 0.25) is 0 Å². The highest BCUT2D eigenvalue weighted by atomic mass is 32.1. The zero-order valence-electron chi connectivity index (χ0n) is 12.0. The molecule has 3 rings (SSSR count). The number of hydrogen-bond acceptors (Lipinski definition) is 4. The van der Waals surface area contributed by atoms with Crippen LogP contribution in [0.3, 0.4) is 0 Å². The fraction of sp³-hybridized carbons (Fsp3) is 0.133. The van der Waals surface area contributed by atoms with Crippen molar-refractivity contribution in [3.63, 3.8) is 0 Å². The largest absolute Gasteiger partial charge is 0.287 e. The Kier molecular flexibility index (Phi) is 3.72. The highest BCUT2D eigenvalue weighted by Gasteiger charge is 2.17. The molecule has 0 bridgehead atoms. The summed E-state index contributed by atoms with van der Waals surface area (Å²) in [6.07, 6.45) is 3.58. The Balaban J connectivity index is 1.83. The normalized spacial score (nSPS) is 10.7. The lowest BCUT2D eigenvalue weighted by molar-refractivity contribution is 0.0993. The molecule has 1 amide bonds. The van der Waals surface area contributed by atoms with E-state index in [0.717, 1.165) is 11.3 Å². The van der Waals surface area contributed by atoms with Crippen molar-refractivity contribution in [3.8, 4) is 11.3 Å². The summed E-state index contributed by atoms with van der Waals surface area (Å²) in [5, 5.41) is 6.56. The predicted octanol–water partition coefficient (Wildman–Crippen LogP) is 2.96. The molecule has 1 aromatic carbocycles. The van der Waals surface area contributed by atoms with E-state index in [0.29, 0.717) is 10.7 Å². The van der Waals surface area contributed by atoms with Gasteiger partial charge < -0.3 is 0 Å². The van der Waals surface area contributed by atoms with Crippen molar-refractivity contribution < 1.29 is 9.18 Å². The van der Waals surface area contributed by atoms with Gasteiger partial charge in [-0.3, -0.25) is 14.4 Å². The molecule has 0 aliphatic heterocycles. The van der Waals surface area contributed by atoms with Gasteiger partial charge in [-0.1, -0.05) is 0 Å². The number of aryl methyl sites for hydroxylation is 1. The zero-order chi connectivity index (χ0) is 15.7. The second kappa shape index (κ2) is 5.69. The Morgan fingerprint density at radius 2 is 2.05 bits per heavy atom. The number of carbonyl (C=O) groups is 1. The summed E-state index contributed by atoms with van der Waals surface area (Å²) in [6.45, 7) is 0.